The topological polar surface area (TPSA) is 64.4 Å². The molecule has 0 radical (unpaired) electrons. The average molecular weight is 337 g/mol. The summed E-state index contributed by atoms with van der Waals surface area (Å²) in [5, 5.41) is 3.01. The molecule has 1 aromatic carbocycles. The van der Waals surface area contributed by atoms with Crippen LogP contribution in [0, 0.1) is 6.92 Å². The number of nitrogens with two attached hydrogens (primary N) is 1. The lowest BCUT2D eigenvalue weighted by atomic mass is 9.98. The number of hydrogen-bond acceptors (Lipinski definition) is 4. The Balaban J connectivity index is 1.71. The summed E-state index contributed by atoms with van der Waals surface area (Å²) in [6.45, 7) is 2.87. The van der Waals surface area contributed by atoms with E-state index in [-0.39, 0.29) is 11.9 Å². The number of nitrogens with one attached hydrogen (secondary N) is 1. The summed E-state index contributed by atoms with van der Waals surface area (Å²) < 4.78 is 6.32. The molecule has 2 aromatic rings. The summed E-state index contributed by atoms with van der Waals surface area (Å²) in [5.41, 5.74) is 8.73. The number of amides is 1. The SMILES string of the molecule is Cc1cccc2c1CC(NC(=O)c1cc(CN)c(Cl)s1)CO2. The fourth-order valence-electron chi connectivity index (χ4n) is 2.57. The molecule has 0 spiro atoms. The van der Waals surface area contributed by atoms with Crippen LogP contribution in [-0.4, -0.2) is 18.6 Å². The number of thiophene rings is 1. The molecular formula is C16H17ClN2O2S. The van der Waals surface area contributed by atoms with Crippen molar-refractivity contribution in [2.75, 3.05) is 6.61 Å². The number of hydrogen-bond donors (Lipinski definition) is 2. The van der Waals surface area contributed by atoms with Crippen LogP contribution in [0.5, 0.6) is 5.75 Å². The maximum Gasteiger partial charge on any atom is 0.261 e. The van der Waals surface area contributed by atoms with Crippen molar-refractivity contribution in [2.24, 2.45) is 5.73 Å². The lowest BCUT2D eigenvalue weighted by molar-refractivity contribution is 0.0919. The molecule has 2 heterocycles. The number of aryl methyl sites for hydroxylation is 1. The molecule has 116 valence electrons. The predicted octanol–water partition coefficient (Wildman–Crippen LogP) is 2.90. The van der Waals surface area contributed by atoms with E-state index in [9.17, 15) is 4.79 Å². The monoisotopic (exact) mass is 336 g/mol. The van der Waals surface area contributed by atoms with E-state index in [1.165, 1.54) is 16.9 Å². The highest BCUT2D eigenvalue weighted by molar-refractivity contribution is 7.18. The molecule has 0 saturated carbocycles. The van der Waals surface area contributed by atoms with E-state index in [1.807, 2.05) is 12.1 Å². The zero-order chi connectivity index (χ0) is 15.7. The number of carbonyl (C=O) groups is 1. The van der Waals surface area contributed by atoms with Crippen LogP contribution in [0.3, 0.4) is 0 Å². The van der Waals surface area contributed by atoms with Crippen molar-refractivity contribution in [3.63, 3.8) is 0 Å². The van der Waals surface area contributed by atoms with Gasteiger partial charge in [0.05, 0.1) is 15.3 Å². The lowest BCUT2D eigenvalue weighted by Gasteiger charge is -2.27. The number of carbonyl (C=O) groups excluding carboxylic acids is 1. The molecule has 1 aliphatic rings. The number of halogens is 1. The van der Waals surface area contributed by atoms with Gasteiger partial charge in [-0.25, -0.2) is 0 Å². The molecule has 1 aromatic heterocycles. The Labute approximate surface area is 138 Å². The van der Waals surface area contributed by atoms with Crippen molar-refractivity contribution in [3.8, 4) is 5.75 Å². The van der Waals surface area contributed by atoms with Crippen molar-refractivity contribution in [3.05, 3.63) is 50.2 Å². The van der Waals surface area contributed by atoms with Crippen LogP contribution in [0.2, 0.25) is 4.34 Å². The molecule has 1 unspecified atom stereocenters. The minimum atomic E-state index is -0.128. The highest BCUT2D eigenvalue weighted by Gasteiger charge is 2.24. The molecule has 1 amide bonds. The second-order valence-corrected chi connectivity index (χ2v) is 7.01. The van der Waals surface area contributed by atoms with Crippen LogP contribution in [0.25, 0.3) is 0 Å². The van der Waals surface area contributed by atoms with E-state index in [1.54, 1.807) is 6.07 Å². The maximum atomic E-state index is 12.3. The highest BCUT2D eigenvalue weighted by atomic mass is 35.5. The Morgan fingerprint density at radius 1 is 1.55 bits per heavy atom. The van der Waals surface area contributed by atoms with Gasteiger partial charge in [0.1, 0.15) is 12.4 Å². The Morgan fingerprint density at radius 3 is 3.09 bits per heavy atom. The molecule has 1 atom stereocenters. The first kappa shape index (κ1) is 15.3. The first-order valence-corrected chi connectivity index (χ1v) is 8.28. The number of fused-ring (bicyclic) bond motifs is 1. The van der Waals surface area contributed by atoms with Crippen molar-refractivity contribution < 1.29 is 9.53 Å². The van der Waals surface area contributed by atoms with Gasteiger partial charge in [-0.05, 0) is 42.2 Å². The van der Waals surface area contributed by atoms with Crippen LogP contribution in [0.15, 0.2) is 24.3 Å². The highest BCUT2D eigenvalue weighted by Crippen LogP contribution is 2.29. The standard InChI is InChI=1S/C16H17ClN2O2S/c1-9-3-2-4-13-12(9)6-11(8-21-13)19-16(20)14-5-10(7-18)15(17)22-14/h2-5,11H,6-8,18H2,1H3,(H,19,20). The second-order valence-electron chi connectivity index (χ2n) is 5.35. The molecule has 3 rings (SSSR count). The Morgan fingerprint density at radius 2 is 2.36 bits per heavy atom. The summed E-state index contributed by atoms with van der Waals surface area (Å²) in [6, 6.07) is 7.72. The molecule has 0 bridgehead atoms. The van der Waals surface area contributed by atoms with E-state index in [2.05, 4.69) is 18.3 Å². The number of rotatable bonds is 3. The summed E-state index contributed by atoms with van der Waals surface area (Å²) in [5.74, 6) is 0.785. The third-order valence-corrected chi connectivity index (χ3v) is 5.23. The molecule has 1 aliphatic heterocycles. The van der Waals surface area contributed by atoms with Crippen LogP contribution in [0.4, 0.5) is 0 Å². The molecule has 6 heteroatoms. The van der Waals surface area contributed by atoms with Gasteiger partial charge in [-0.3, -0.25) is 4.79 Å². The van der Waals surface area contributed by atoms with Crippen molar-refractivity contribution in [2.45, 2.75) is 25.9 Å². The van der Waals surface area contributed by atoms with Crippen LogP contribution >= 0.6 is 22.9 Å². The summed E-state index contributed by atoms with van der Waals surface area (Å²) in [4.78, 5) is 12.9. The zero-order valence-corrected chi connectivity index (χ0v) is 13.8. The zero-order valence-electron chi connectivity index (χ0n) is 12.2. The normalized spacial score (nSPS) is 16.8. The van der Waals surface area contributed by atoms with E-state index in [0.29, 0.717) is 22.4 Å². The Hall–Kier alpha value is -1.56. The van der Waals surface area contributed by atoms with Crippen molar-refractivity contribution in [1.29, 1.82) is 0 Å². The molecule has 4 nitrogen and oxygen atoms in total. The lowest BCUT2D eigenvalue weighted by Crippen LogP contribution is -2.42. The molecule has 22 heavy (non-hydrogen) atoms. The minimum Gasteiger partial charge on any atom is -0.491 e. The van der Waals surface area contributed by atoms with Gasteiger partial charge in [0.25, 0.3) is 5.91 Å². The number of benzene rings is 1. The largest absolute Gasteiger partial charge is 0.491 e. The first-order valence-electron chi connectivity index (χ1n) is 7.09. The second kappa shape index (κ2) is 6.28. The van der Waals surface area contributed by atoms with Gasteiger partial charge in [-0.1, -0.05) is 23.7 Å². The minimum absolute atomic E-state index is 0.0386. The van der Waals surface area contributed by atoms with Gasteiger partial charge >= 0.3 is 0 Å². The van der Waals surface area contributed by atoms with Gasteiger partial charge in [0.15, 0.2) is 0 Å². The predicted molar refractivity (Wildman–Crippen MR) is 88.9 cm³/mol. The third-order valence-electron chi connectivity index (χ3n) is 3.79. The van der Waals surface area contributed by atoms with Crippen molar-refractivity contribution in [1.82, 2.24) is 5.32 Å². The fraction of sp³-hybridized carbons (Fsp3) is 0.312. The summed E-state index contributed by atoms with van der Waals surface area (Å²) >= 11 is 7.31. The van der Waals surface area contributed by atoms with E-state index < -0.39 is 0 Å². The molecule has 0 fully saturated rings. The van der Waals surface area contributed by atoms with E-state index in [0.717, 1.165) is 23.3 Å². The van der Waals surface area contributed by atoms with Gasteiger partial charge < -0.3 is 15.8 Å². The smallest absolute Gasteiger partial charge is 0.261 e. The van der Waals surface area contributed by atoms with E-state index in [4.69, 9.17) is 22.1 Å². The Bertz CT molecular complexity index is 714. The average Bonchev–Trinajstić information content (AvgIpc) is 2.89. The van der Waals surface area contributed by atoms with Crippen molar-refractivity contribution >= 4 is 28.8 Å². The molecule has 0 aliphatic carbocycles. The van der Waals surface area contributed by atoms with E-state index >= 15 is 0 Å². The molecular weight excluding hydrogens is 320 g/mol. The molecule has 3 N–H and O–H groups in total. The number of ether oxygens (including phenoxy) is 1. The summed E-state index contributed by atoms with van der Waals surface area (Å²) in [7, 11) is 0. The first-order chi connectivity index (χ1) is 10.6. The third kappa shape index (κ3) is 2.97. The fourth-order valence-corrected chi connectivity index (χ4v) is 3.77. The van der Waals surface area contributed by atoms with Gasteiger partial charge in [0.2, 0.25) is 0 Å². The van der Waals surface area contributed by atoms with Gasteiger partial charge in [-0.15, -0.1) is 11.3 Å². The van der Waals surface area contributed by atoms with Crippen LogP contribution in [0.1, 0.15) is 26.4 Å². The maximum absolute atomic E-state index is 12.3. The summed E-state index contributed by atoms with van der Waals surface area (Å²) in [6.07, 6.45) is 0.774. The quantitative estimate of drug-likeness (QED) is 0.905. The van der Waals surface area contributed by atoms with Crippen LogP contribution in [-0.2, 0) is 13.0 Å². The van der Waals surface area contributed by atoms with Crippen LogP contribution < -0.4 is 15.8 Å². The Kier molecular flexibility index (Phi) is 4.38. The van der Waals surface area contributed by atoms with Gasteiger partial charge in [0, 0.05) is 6.54 Å². The molecule has 0 saturated heterocycles. The van der Waals surface area contributed by atoms with Gasteiger partial charge in [-0.2, -0.15) is 0 Å².